The van der Waals surface area contributed by atoms with Gasteiger partial charge in [-0.1, -0.05) is 67.0 Å². The minimum Gasteiger partial charge on any atom is -0.352 e. The van der Waals surface area contributed by atoms with E-state index in [1.54, 1.807) is 0 Å². The second-order valence-corrected chi connectivity index (χ2v) is 19.9. The van der Waals surface area contributed by atoms with Crippen molar-refractivity contribution in [1.29, 1.82) is 0 Å². The van der Waals surface area contributed by atoms with Crippen molar-refractivity contribution >= 4 is 11.8 Å². The lowest BCUT2D eigenvalue weighted by Gasteiger charge is -2.72. The molecule has 7 aliphatic rings. The first kappa shape index (κ1) is 32.2. The van der Waals surface area contributed by atoms with Crippen molar-refractivity contribution in [3.05, 3.63) is 12.2 Å². The second-order valence-electron chi connectivity index (χ2n) is 19.9. The molecule has 1 aliphatic heterocycles. The van der Waals surface area contributed by atoms with Crippen LogP contribution in [-0.2, 0) is 9.59 Å². The molecule has 11 atom stereocenters. The fourth-order valence-electron chi connectivity index (χ4n) is 14.7. The van der Waals surface area contributed by atoms with Crippen molar-refractivity contribution in [2.24, 2.45) is 68.0 Å². The van der Waals surface area contributed by atoms with E-state index < -0.39 is 0 Å². The Balaban J connectivity index is 1.16. The molecule has 0 aromatic rings. The lowest BCUT2D eigenvalue weighted by Crippen LogP contribution is -2.68. The topological polar surface area (TPSA) is 49.4 Å². The number of hydrogen-bond donors (Lipinski definition) is 1. The standard InChI is InChI=1S/C41H66N2O2/c1-26(2)27-15-20-41(35(45)42-32-25-29(37(32,5)6)34(44)43-23-10-11-24-43)22-21-39(8)28(33(27)41)13-14-31-38(7)18-12-17-36(3,4)30(38)16-19-40(31,39)9/h27-33H,1,10-25H2,2-9H3,(H,42,45)/t27-,28+,29-,30+,31+,32-,33+,38+,39+,40+,41-/m0/s1. The van der Waals surface area contributed by atoms with Gasteiger partial charge in [0.05, 0.1) is 5.41 Å². The normalized spacial score (nSPS) is 49.5. The number of carbonyl (C=O) groups is 2. The Kier molecular flexibility index (Phi) is 7.41. The van der Waals surface area contributed by atoms with Gasteiger partial charge >= 0.3 is 0 Å². The number of amides is 2. The van der Waals surface area contributed by atoms with Crippen LogP contribution in [0.25, 0.3) is 0 Å². The summed E-state index contributed by atoms with van der Waals surface area (Å²) in [4.78, 5) is 30.3. The van der Waals surface area contributed by atoms with E-state index in [0.717, 1.165) is 63.5 Å². The Morgan fingerprint density at radius 3 is 2.13 bits per heavy atom. The molecule has 7 fully saturated rings. The van der Waals surface area contributed by atoms with Crippen LogP contribution < -0.4 is 5.32 Å². The van der Waals surface area contributed by atoms with Crippen LogP contribution in [0.1, 0.15) is 145 Å². The van der Waals surface area contributed by atoms with E-state index in [1.807, 2.05) is 0 Å². The van der Waals surface area contributed by atoms with Gasteiger partial charge in [0.25, 0.3) is 0 Å². The second kappa shape index (κ2) is 10.3. The van der Waals surface area contributed by atoms with Gasteiger partial charge in [0.1, 0.15) is 0 Å². The minimum absolute atomic E-state index is 0.0343. The van der Waals surface area contributed by atoms with Gasteiger partial charge in [-0.25, -0.2) is 0 Å². The zero-order chi connectivity index (χ0) is 32.4. The predicted molar refractivity (Wildman–Crippen MR) is 183 cm³/mol. The van der Waals surface area contributed by atoms with E-state index in [1.165, 1.54) is 56.9 Å². The number of likely N-dealkylation sites (tertiary alicyclic amines) is 1. The van der Waals surface area contributed by atoms with Crippen molar-refractivity contribution in [3.63, 3.8) is 0 Å². The van der Waals surface area contributed by atoms with E-state index in [0.29, 0.717) is 45.8 Å². The van der Waals surface area contributed by atoms with E-state index in [9.17, 15) is 9.59 Å². The third kappa shape index (κ3) is 4.27. The average molecular weight is 619 g/mol. The Labute approximate surface area is 275 Å². The molecule has 45 heavy (non-hydrogen) atoms. The number of rotatable bonds is 4. The van der Waals surface area contributed by atoms with Gasteiger partial charge < -0.3 is 10.2 Å². The van der Waals surface area contributed by atoms with E-state index in [4.69, 9.17) is 0 Å². The molecule has 0 radical (unpaired) electrons. The molecule has 0 aromatic heterocycles. The van der Waals surface area contributed by atoms with Crippen LogP contribution in [0.4, 0.5) is 0 Å². The summed E-state index contributed by atoms with van der Waals surface area (Å²) >= 11 is 0. The number of nitrogens with zero attached hydrogens (tertiary/aromatic N) is 1. The van der Waals surface area contributed by atoms with Crippen molar-refractivity contribution in [2.45, 2.75) is 151 Å². The summed E-state index contributed by atoms with van der Waals surface area (Å²) in [7, 11) is 0. The Hall–Kier alpha value is -1.32. The van der Waals surface area contributed by atoms with E-state index in [-0.39, 0.29) is 28.2 Å². The summed E-state index contributed by atoms with van der Waals surface area (Å²) in [6, 6.07) is 0.0897. The highest BCUT2D eigenvalue weighted by Gasteiger charge is 2.71. The SMILES string of the molecule is C=C(C)[C@@H]1CC[C@]2(C(=O)N[C@H]3C[C@@H](C(=O)N4CCCC4)C3(C)C)CC[C@]3(C)[C@H](CC[C@@H]4[C@]5(C)CCCC(C)(C)[C@H]5CC[C@]43C)[C@@H]12. The molecule has 4 nitrogen and oxygen atoms in total. The number of hydrogen-bond acceptors (Lipinski definition) is 2. The zero-order valence-electron chi connectivity index (χ0n) is 30.3. The zero-order valence-corrected chi connectivity index (χ0v) is 30.3. The Bertz CT molecular complexity index is 1250. The largest absolute Gasteiger partial charge is 0.352 e. The molecule has 0 bridgehead atoms. The molecule has 0 spiro atoms. The molecule has 1 heterocycles. The molecule has 6 aliphatic carbocycles. The maximum absolute atomic E-state index is 14.8. The summed E-state index contributed by atoms with van der Waals surface area (Å²) in [5.74, 6) is 3.73. The van der Waals surface area contributed by atoms with Crippen LogP contribution in [0.5, 0.6) is 0 Å². The van der Waals surface area contributed by atoms with Crippen molar-refractivity contribution in [1.82, 2.24) is 10.2 Å². The third-order valence-electron chi connectivity index (χ3n) is 17.6. The summed E-state index contributed by atoms with van der Waals surface area (Å²) in [5.41, 5.74) is 2.32. The number of carbonyl (C=O) groups excluding carboxylic acids is 2. The van der Waals surface area contributed by atoms with Crippen molar-refractivity contribution in [2.75, 3.05) is 13.1 Å². The first-order valence-electron chi connectivity index (χ1n) is 19.3. The van der Waals surface area contributed by atoms with Crippen molar-refractivity contribution in [3.8, 4) is 0 Å². The molecular formula is C41H66N2O2. The minimum atomic E-state index is -0.287. The molecule has 1 saturated heterocycles. The average Bonchev–Trinajstić information content (AvgIpc) is 3.64. The monoisotopic (exact) mass is 619 g/mol. The molecule has 6 saturated carbocycles. The summed E-state index contributed by atoms with van der Waals surface area (Å²) < 4.78 is 0. The molecule has 252 valence electrons. The van der Waals surface area contributed by atoms with Gasteiger partial charge in [-0.05, 0) is 147 Å². The first-order chi connectivity index (χ1) is 21.0. The highest BCUT2D eigenvalue weighted by atomic mass is 16.2. The van der Waals surface area contributed by atoms with Crippen LogP contribution in [0, 0.1) is 68.0 Å². The van der Waals surface area contributed by atoms with Crippen LogP contribution in [-0.4, -0.2) is 35.8 Å². The first-order valence-corrected chi connectivity index (χ1v) is 19.3. The molecule has 1 N–H and O–H groups in total. The van der Waals surface area contributed by atoms with Crippen LogP contribution in [0.3, 0.4) is 0 Å². The smallest absolute Gasteiger partial charge is 0.226 e. The van der Waals surface area contributed by atoms with Gasteiger partial charge in [0, 0.05) is 25.0 Å². The summed E-state index contributed by atoms with van der Waals surface area (Å²) in [5, 5.41) is 3.66. The number of fused-ring (bicyclic) bond motifs is 7. The quantitative estimate of drug-likeness (QED) is 0.319. The van der Waals surface area contributed by atoms with Crippen LogP contribution in [0.15, 0.2) is 12.2 Å². The van der Waals surface area contributed by atoms with Crippen LogP contribution in [0.2, 0.25) is 0 Å². The molecular weight excluding hydrogens is 552 g/mol. The lowest BCUT2D eigenvalue weighted by molar-refractivity contribution is -0.235. The lowest BCUT2D eigenvalue weighted by atomic mass is 9.32. The maximum atomic E-state index is 14.8. The Morgan fingerprint density at radius 1 is 0.756 bits per heavy atom. The highest BCUT2D eigenvalue weighted by Crippen LogP contribution is 2.77. The van der Waals surface area contributed by atoms with Gasteiger partial charge in [-0.2, -0.15) is 0 Å². The molecule has 7 rings (SSSR count). The maximum Gasteiger partial charge on any atom is 0.226 e. The number of nitrogens with one attached hydrogen (secondary N) is 1. The van der Waals surface area contributed by atoms with Gasteiger partial charge in [-0.15, -0.1) is 0 Å². The third-order valence-corrected chi connectivity index (χ3v) is 17.6. The summed E-state index contributed by atoms with van der Waals surface area (Å²) in [6.07, 6.45) is 16.9. The fraction of sp³-hybridized carbons (Fsp3) is 0.902. The highest BCUT2D eigenvalue weighted by molar-refractivity contribution is 5.86. The predicted octanol–water partition coefficient (Wildman–Crippen LogP) is 9.19. The molecule has 0 aromatic carbocycles. The molecule has 0 unspecified atom stereocenters. The van der Waals surface area contributed by atoms with Gasteiger partial charge in [-0.3, -0.25) is 9.59 Å². The fourth-order valence-corrected chi connectivity index (χ4v) is 14.7. The summed E-state index contributed by atoms with van der Waals surface area (Å²) in [6.45, 7) is 26.4. The Morgan fingerprint density at radius 2 is 1.47 bits per heavy atom. The van der Waals surface area contributed by atoms with Gasteiger partial charge in [0.15, 0.2) is 0 Å². The van der Waals surface area contributed by atoms with E-state index >= 15 is 0 Å². The van der Waals surface area contributed by atoms with Crippen LogP contribution >= 0.6 is 0 Å². The van der Waals surface area contributed by atoms with Crippen molar-refractivity contribution < 1.29 is 9.59 Å². The molecule has 2 amide bonds. The van der Waals surface area contributed by atoms with Gasteiger partial charge in [0.2, 0.25) is 11.8 Å². The number of allylic oxidation sites excluding steroid dienone is 1. The van der Waals surface area contributed by atoms with E-state index in [2.05, 4.69) is 72.2 Å². The molecule has 4 heteroatoms.